The first-order valence-corrected chi connectivity index (χ1v) is 6.52. The highest BCUT2D eigenvalue weighted by Gasteiger charge is 2.18. The van der Waals surface area contributed by atoms with Gasteiger partial charge in [0.05, 0.1) is 32.6 Å². The molecule has 0 atom stereocenters. The summed E-state index contributed by atoms with van der Waals surface area (Å²) in [5.41, 5.74) is 3.17. The molecule has 0 radical (unpaired) electrons. The van der Waals surface area contributed by atoms with E-state index in [4.69, 9.17) is 23.2 Å². The number of aromatic nitrogens is 1. The summed E-state index contributed by atoms with van der Waals surface area (Å²) in [6.45, 7) is 3.49. The van der Waals surface area contributed by atoms with Gasteiger partial charge in [0.25, 0.3) is 0 Å². The van der Waals surface area contributed by atoms with Crippen molar-refractivity contribution in [1.82, 2.24) is 4.98 Å². The third-order valence-corrected chi connectivity index (χ3v) is 3.73. The van der Waals surface area contributed by atoms with Crippen LogP contribution in [0.25, 0.3) is 11.1 Å². The van der Waals surface area contributed by atoms with Gasteiger partial charge >= 0.3 is 0 Å². The molecular weight excluding hydrogens is 293 g/mol. The predicted molar refractivity (Wildman–Crippen MR) is 78.6 cm³/mol. The fourth-order valence-electron chi connectivity index (χ4n) is 2.06. The van der Waals surface area contributed by atoms with Gasteiger partial charge in [-0.15, -0.1) is 0 Å². The van der Waals surface area contributed by atoms with Crippen LogP contribution in [0.3, 0.4) is 0 Å². The first-order valence-electron chi connectivity index (χ1n) is 5.76. The molecule has 1 heterocycles. The summed E-state index contributed by atoms with van der Waals surface area (Å²) in [5.74, 6) is 0. The first kappa shape index (κ1) is 14.3. The highest BCUT2D eigenvalue weighted by atomic mass is 35.5. The van der Waals surface area contributed by atoms with Gasteiger partial charge in [-0.25, -0.2) is 0 Å². The smallest absolute Gasteiger partial charge is 0.102 e. The first-order chi connectivity index (χ1) is 9.49. The molecule has 5 heteroatoms. The molecule has 0 N–H and O–H groups in total. The maximum absolute atomic E-state index is 9.34. The second-order valence-corrected chi connectivity index (χ2v) is 5.07. The molecule has 0 aliphatic heterocycles. The summed E-state index contributed by atoms with van der Waals surface area (Å²) in [6.07, 6.45) is 0. The molecule has 3 nitrogen and oxygen atoms in total. The predicted octanol–water partition coefficient (Wildman–Crippen LogP) is 4.42. The summed E-state index contributed by atoms with van der Waals surface area (Å²) in [5, 5.41) is 19.5. The standard InChI is InChI=1S/C15H9Cl2N3/c1-8-11(6-18)15(12(7-19)9(2)20-8)10-3-4-13(16)14(17)5-10/h3-5H,1-2H3. The van der Waals surface area contributed by atoms with Crippen molar-refractivity contribution in [2.45, 2.75) is 13.8 Å². The average molecular weight is 302 g/mol. The van der Waals surface area contributed by atoms with Gasteiger partial charge in [-0.05, 0) is 31.5 Å². The molecule has 0 saturated carbocycles. The molecule has 0 spiro atoms. The molecule has 2 aromatic rings. The van der Waals surface area contributed by atoms with E-state index in [9.17, 15) is 10.5 Å². The van der Waals surface area contributed by atoms with Gasteiger partial charge in [0, 0.05) is 5.56 Å². The van der Waals surface area contributed by atoms with Crippen molar-refractivity contribution >= 4 is 23.2 Å². The Morgan fingerprint density at radius 1 is 0.950 bits per heavy atom. The molecule has 0 fully saturated rings. The maximum atomic E-state index is 9.34. The Morgan fingerprint density at radius 2 is 1.50 bits per heavy atom. The number of halogens is 2. The normalized spacial score (nSPS) is 9.90. The second-order valence-electron chi connectivity index (χ2n) is 4.26. The lowest BCUT2D eigenvalue weighted by Gasteiger charge is -2.12. The second kappa shape index (κ2) is 5.51. The highest BCUT2D eigenvalue weighted by molar-refractivity contribution is 6.42. The van der Waals surface area contributed by atoms with E-state index < -0.39 is 0 Å². The third-order valence-electron chi connectivity index (χ3n) is 2.99. The van der Waals surface area contributed by atoms with Crippen LogP contribution in [0.1, 0.15) is 22.5 Å². The van der Waals surface area contributed by atoms with Gasteiger partial charge in [0.15, 0.2) is 0 Å². The van der Waals surface area contributed by atoms with Crippen molar-refractivity contribution in [3.63, 3.8) is 0 Å². The molecule has 0 aliphatic carbocycles. The Labute approximate surface area is 127 Å². The SMILES string of the molecule is Cc1nc(C)c(C#N)c(-c2ccc(Cl)c(Cl)c2)c1C#N. The van der Waals surface area contributed by atoms with Gasteiger partial charge in [-0.1, -0.05) is 29.3 Å². The van der Waals surface area contributed by atoms with Crippen LogP contribution in [0.4, 0.5) is 0 Å². The van der Waals surface area contributed by atoms with E-state index in [1.54, 1.807) is 32.0 Å². The van der Waals surface area contributed by atoms with Crippen molar-refractivity contribution in [2.75, 3.05) is 0 Å². The number of nitriles is 2. The number of benzene rings is 1. The van der Waals surface area contributed by atoms with E-state index in [0.29, 0.717) is 43.7 Å². The summed E-state index contributed by atoms with van der Waals surface area (Å²) in [4.78, 5) is 4.24. The summed E-state index contributed by atoms with van der Waals surface area (Å²) in [6, 6.07) is 9.26. The zero-order valence-corrected chi connectivity index (χ0v) is 12.3. The Balaban J connectivity index is 2.88. The summed E-state index contributed by atoms with van der Waals surface area (Å²) < 4.78 is 0. The van der Waals surface area contributed by atoms with Crippen molar-refractivity contribution in [1.29, 1.82) is 10.5 Å². The van der Waals surface area contributed by atoms with Crippen LogP contribution in [0.15, 0.2) is 18.2 Å². The summed E-state index contributed by atoms with van der Waals surface area (Å²) >= 11 is 11.9. The number of hydrogen-bond acceptors (Lipinski definition) is 3. The summed E-state index contributed by atoms with van der Waals surface area (Å²) in [7, 11) is 0. The highest BCUT2D eigenvalue weighted by Crippen LogP contribution is 2.34. The minimum atomic E-state index is 0.379. The molecule has 1 aromatic carbocycles. The van der Waals surface area contributed by atoms with E-state index in [1.165, 1.54) is 0 Å². The van der Waals surface area contributed by atoms with Gasteiger partial charge in [0.2, 0.25) is 0 Å². The minimum absolute atomic E-state index is 0.379. The van der Waals surface area contributed by atoms with E-state index in [-0.39, 0.29) is 0 Å². The van der Waals surface area contributed by atoms with Crippen molar-refractivity contribution in [2.24, 2.45) is 0 Å². The van der Waals surface area contributed by atoms with Gasteiger partial charge in [0.1, 0.15) is 12.1 Å². The molecule has 0 unspecified atom stereocenters. The Kier molecular flexibility index (Phi) is 3.95. The Hall–Kier alpha value is -2.07. The number of nitrogens with zero attached hydrogens (tertiary/aromatic N) is 3. The van der Waals surface area contributed by atoms with Crippen LogP contribution in [-0.2, 0) is 0 Å². The molecule has 0 saturated heterocycles. The Bertz CT molecular complexity index is 745. The zero-order valence-electron chi connectivity index (χ0n) is 10.8. The van der Waals surface area contributed by atoms with Gasteiger partial charge in [-0.3, -0.25) is 4.98 Å². The van der Waals surface area contributed by atoms with E-state index in [1.807, 2.05) is 0 Å². The third kappa shape index (κ3) is 2.34. The molecule has 98 valence electrons. The van der Waals surface area contributed by atoms with E-state index in [2.05, 4.69) is 17.1 Å². The van der Waals surface area contributed by atoms with Crippen LogP contribution in [0.5, 0.6) is 0 Å². The van der Waals surface area contributed by atoms with Crippen molar-refractivity contribution in [3.8, 4) is 23.3 Å². The molecule has 0 amide bonds. The Morgan fingerprint density at radius 3 is 1.95 bits per heavy atom. The molecule has 0 aliphatic rings. The number of rotatable bonds is 1. The molecule has 20 heavy (non-hydrogen) atoms. The lowest BCUT2D eigenvalue weighted by atomic mass is 9.94. The maximum Gasteiger partial charge on any atom is 0.102 e. The fraction of sp³-hybridized carbons (Fsp3) is 0.133. The lowest BCUT2D eigenvalue weighted by molar-refractivity contribution is 1.10. The lowest BCUT2D eigenvalue weighted by Crippen LogP contribution is -2.00. The zero-order chi connectivity index (χ0) is 14.9. The van der Waals surface area contributed by atoms with Crippen LogP contribution < -0.4 is 0 Å². The van der Waals surface area contributed by atoms with Gasteiger partial charge < -0.3 is 0 Å². The minimum Gasteiger partial charge on any atom is -0.256 e. The van der Waals surface area contributed by atoms with Gasteiger partial charge in [-0.2, -0.15) is 10.5 Å². The fourth-order valence-corrected chi connectivity index (χ4v) is 2.36. The molecular formula is C15H9Cl2N3. The average Bonchev–Trinajstić information content (AvgIpc) is 2.41. The largest absolute Gasteiger partial charge is 0.256 e. The van der Waals surface area contributed by atoms with E-state index in [0.717, 1.165) is 0 Å². The number of pyridine rings is 1. The van der Waals surface area contributed by atoms with Crippen LogP contribution in [0.2, 0.25) is 10.0 Å². The van der Waals surface area contributed by atoms with Crippen LogP contribution in [-0.4, -0.2) is 4.98 Å². The van der Waals surface area contributed by atoms with Crippen LogP contribution in [0, 0.1) is 36.5 Å². The number of hydrogen-bond donors (Lipinski definition) is 0. The molecule has 0 bridgehead atoms. The topological polar surface area (TPSA) is 60.5 Å². The quantitative estimate of drug-likeness (QED) is 0.783. The molecule has 1 aromatic heterocycles. The van der Waals surface area contributed by atoms with Crippen LogP contribution >= 0.6 is 23.2 Å². The monoisotopic (exact) mass is 301 g/mol. The number of aryl methyl sites for hydroxylation is 2. The molecule has 2 rings (SSSR count). The van der Waals surface area contributed by atoms with Crippen molar-refractivity contribution in [3.05, 3.63) is 50.8 Å². The van der Waals surface area contributed by atoms with Crippen molar-refractivity contribution < 1.29 is 0 Å². The van der Waals surface area contributed by atoms with E-state index >= 15 is 0 Å².